The topological polar surface area (TPSA) is 88.2 Å². The summed E-state index contributed by atoms with van der Waals surface area (Å²) in [4.78, 5) is 16.2. The first-order chi connectivity index (χ1) is 11.1. The Labute approximate surface area is 133 Å². The van der Waals surface area contributed by atoms with Crippen molar-refractivity contribution < 1.29 is 14.4 Å². The number of aryl methyl sites for hydroxylation is 2. The Morgan fingerprint density at radius 1 is 1.30 bits per heavy atom. The molecule has 6 nitrogen and oxygen atoms in total. The lowest BCUT2D eigenvalue weighted by molar-refractivity contribution is 0.0953. The number of nitrogens with one attached hydrogen (secondary N) is 1. The van der Waals surface area contributed by atoms with Crippen LogP contribution in [0.25, 0.3) is 11.1 Å². The summed E-state index contributed by atoms with van der Waals surface area (Å²) in [6.45, 7) is 2.38. The number of carbonyl (C=O) groups is 1. The standard InChI is InChI=1S/C17H17N3O3/c1-11-15-9-13(10-19-17(15)23-20-11)16(22)18-8-2-3-12-4-6-14(21)7-5-12/h4-7,9-10,21H,2-3,8H2,1H3,(H,18,22). The van der Waals surface area contributed by atoms with E-state index in [-0.39, 0.29) is 11.7 Å². The van der Waals surface area contributed by atoms with Gasteiger partial charge in [-0.05, 0) is 43.5 Å². The van der Waals surface area contributed by atoms with Crippen molar-refractivity contribution in [3.8, 4) is 5.75 Å². The molecule has 6 heteroatoms. The Hall–Kier alpha value is -2.89. The van der Waals surface area contributed by atoms with E-state index in [0.717, 1.165) is 29.5 Å². The Bertz CT molecular complexity index is 825. The molecule has 0 atom stereocenters. The van der Waals surface area contributed by atoms with Crippen LogP contribution in [0.3, 0.4) is 0 Å². The van der Waals surface area contributed by atoms with Crippen LogP contribution in [0.4, 0.5) is 0 Å². The van der Waals surface area contributed by atoms with E-state index in [1.165, 1.54) is 6.20 Å². The number of hydrogen-bond donors (Lipinski definition) is 2. The van der Waals surface area contributed by atoms with Gasteiger partial charge in [0.15, 0.2) is 0 Å². The van der Waals surface area contributed by atoms with Crippen molar-refractivity contribution in [3.05, 3.63) is 53.3 Å². The molecule has 0 unspecified atom stereocenters. The van der Waals surface area contributed by atoms with Gasteiger partial charge in [0.25, 0.3) is 11.6 Å². The molecule has 0 radical (unpaired) electrons. The Kier molecular flexibility index (Phi) is 4.23. The van der Waals surface area contributed by atoms with Crippen LogP contribution in [-0.2, 0) is 6.42 Å². The van der Waals surface area contributed by atoms with Crippen molar-refractivity contribution in [3.63, 3.8) is 0 Å². The molecule has 2 aromatic heterocycles. The third-order valence-corrected chi connectivity index (χ3v) is 3.64. The molecule has 0 saturated heterocycles. The number of benzene rings is 1. The number of phenols is 1. The maximum absolute atomic E-state index is 12.1. The zero-order valence-electron chi connectivity index (χ0n) is 12.7. The minimum Gasteiger partial charge on any atom is -0.508 e. The quantitative estimate of drug-likeness (QED) is 0.707. The second-order valence-corrected chi connectivity index (χ2v) is 5.37. The highest BCUT2D eigenvalue weighted by Crippen LogP contribution is 2.16. The van der Waals surface area contributed by atoms with Crippen molar-refractivity contribution in [2.45, 2.75) is 19.8 Å². The molecule has 1 amide bonds. The fourth-order valence-corrected chi connectivity index (χ4v) is 2.33. The molecular formula is C17H17N3O3. The highest BCUT2D eigenvalue weighted by molar-refractivity contribution is 5.96. The molecule has 0 saturated carbocycles. The normalized spacial score (nSPS) is 10.8. The molecule has 23 heavy (non-hydrogen) atoms. The lowest BCUT2D eigenvalue weighted by Gasteiger charge is -2.05. The smallest absolute Gasteiger partial charge is 0.257 e. The maximum atomic E-state index is 12.1. The lowest BCUT2D eigenvalue weighted by atomic mass is 10.1. The monoisotopic (exact) mass is 311 g/mol. The summed E-state index contributed by atoms with van der Waals surface area (Å²) in [6.07, 6.45) is 3.14. The summed E-state index contributed by atoms with van der Waals surface area (Å²) in [5.41, 5.74) is 2.77. The zero-order chi connectivity index (χ0) is 16.2. The van der Waals surface area contributed by atoms with E-state index >= 15 is 0 Å². The molecule has 0 aliphatic heterocycles. The van der Waals surface area contributed by atoms with E-state index in [1.807, 2.05) is 19.1 Å². The predicted octanol–water partition coefficient (Wildman–Crippen LogP) is 2.60. The first-order valence-corrected chi connectivity index (χ1v) is 7.41. The van der Waals surface area contributed by atoms with Crippen molar-refractivity contribution in [2.24, 2.45) is 0 Å². The molecule has 0 bridgehead atoms. The second kappa shape index (κ2) is 6.48. The van der Waals surface area contributed by atoms with Gasteiger partial charge in [0.1, 0.15) is 5.75 Å². The van der Waals surface area contributed by atoms with Gasteiger partial charge in [0.05, 0.1) is 16.6 Å². The van der Waals surface area contributed by atoms with Crippen molar-refractivity contribution in [1.82, 2.24) is 15.5 Å². The first kappa shape index (κ1) is 15.0. The van der Waals surface area contributed by atoms with E-state index in [1.54, 1.807) is 18.2 Å². The molecule has 2 heterocycles. The van der Waals surface area contributed by atoms with Crippen LogP contribution < -0.4 is 5.32 Å². The molecule has 0 fully saturated rings. The minimum absolute atomic E-state index is 0.161. The summed E-state index contributed by atoms with van der Waals surface area (Å²) in [5.74, 6) is 0.0969. The SMILES string of the molecule is Cc1noc2ncc(C(=O)NCCCc3ccc(O)cc3)cc12. The van der Waals surface area contributed by atoms with Crippen LogP contribution in [0, 0.1) is 6.92 Å². The van der Waals surface area contributed by atoms with Crippen LogP contribution in [0.15, 0.2) is 41.1 Å². The minimum atomic E-state index is -0.161. The number of amides is 1. The number of hydrogen-bond acceptors (Lipinski definition) is 5. The van der Waals surface area contributed by atoms with E-state index in [0.29, 0.717) is 17.8 Å². The van der Waals surface area contributed by atoms with Gasteiger partial charge >= 0.3 is 0 Å². The number of nitrogens with zero attached hydrogens (tertiary/aromatic N) is 2. The third-order valence-electron chi connectivity index (χ3n) is 3.64. The zero-order valence-corrected chi connectivity index (χ0v) is 12.7. The number of pyridine rings is 1. The molecule has 3 rings (SSSR count). The number of aromatic hydroxyl groups is 1. The summed E-state index contributed by atoms with van der Waals surface area (Å²) < 4.78 is 5.03. The van der Waals surface area contributed by atoms with Crippen molar-refractivity contribution >= 4 is 17.0 Å². The van der Waals surface area contributed by atoms with Gasteiger partial charge < -0.3 is 14.9 Å². The fraction of sp³-hybridized carbons (Fsp3) is 0.235. The first-order valence-electron chi connectivity index (χ1n) is 7.41. The summed E-state index contributed by atoms with van der Waals surface area (Å²) in [5, 5.41) is 16.7. The van der Waals surface area contributed by atoms with Gasteiger partial charge in [-0.1, -0.05) is 17.3 Å². The Morgan fingerprint density at radius 2 is 2.09 bits per heavy atom. The number of rotatable bonds is 5. The van der Waals surface area contributed by atoms with Gasteiger partial charge in [-0.2, -0.15) is 0 Å². The predicted molar refractivity (Wildman–Crippen MR) is 85.3 cm³/mol. The van der Waals surface area contributed by atoms with Crippen molar-refractivity contribution in [1.29, 1.82) is 0 Å². The number of carbonyl (C=O) groups excluding carboxylic acids is 1. The van der Waals surface area contributed by atoms with Crippen LogP contribution in [0.1, 0.15) is 28.0 Å². The summed E-state index contributed by atoms with van der Waals surface area (Å²) >= 11 is 0. The fourth-order valence-electron chi connectivity index (χ4n) is 2.33. The van der Waals surface area contributed by atoms with Crippen LogP contribution >= 0.6 is 0 Å². The van der Waals surface area contributed by atoms with Crippen LogP contribution in [-0.4, -0.2) is 27.7 Å². The number of aromatic nitrogens is 2. The summed E-state index contributed by atoms with van der Waals surface area (Å²) in [6, 6.07) is 8.82. The Morgan fingerprint density at radius 3 is 2.87 bits per heavy atom. The molecular weight excluding hydrogens is 294 g/mol. The van der Waals surface area contributed by atoms with Crippen LogP contribution in [0.5, 0.6) is 5.75 Å². The van der Waals surface area contributed by atoms with Gasteiger partial charge in [-0.15, -0.1) is 0 Å². The molecule has 0 aliphatic carbocycles. The molecule has 0 aliphatic rings. The van der Waals surface area contributed by atoms with Gasteiger partial charge in [0, 0.05) is 12.7 Å². The van der Waals surface area contributed by atoms with Gasteiger partial charge in [-0.3, -0.25) is 4.79 Å². The van der Waals surface area contributed by atoms with E-state index in [4.69, 9.17) is 4.52 Å². The van der Waals surface area contributed by atoms with E-state index in [2.05, 4.69) is 15.5 Å². The third kappa shape index (κ3) is 3.48. The molecule has 3 aromatic rings. The second-order valence-electron chi connectivity index (χ2n) is 5.37. The van der Waals surface area contributed by atoms with E-state index < -0.39 is 0 Å². The molecule has 118 valence electrons. The molecule has 2 N–H and O–H groups in total. The molecule has 1 aromatic carbocycles. The Balaban J connectivity index is 1.54. The molecule has 0 spiro atoms. The number of phenolic OH excluding ortho intramolecular Hbond substituents is 1. The average molecular weight is 311 g/mol. The van der Waals surface area contributed by atoms with Gasteiger partial charge in [0.2, 0.25) is 0 Å². The average Bonchev–Trinajstić information content (AvgIpc) is 2.94. The van der Waals surface area contributed by atoms with E-state index in [9.17, 15) is 9.90 Å². The van der Waals surface area contributed by atoms with Crippen molar-refractivity contribution in [2.75, 3.05) is 6.54 Å². The largest absolute Gasteiger partial charge is 0.508 e. The summed E-state index contributed by atoms with van der Waals surface area (Å²) in [7, 11) is 0. The maximum Gasteiger partial charge on any atom is 0.257 e. The van der Waals surface area contributed by atoms with Crippen LogP contribution in [0.2, 0.25) is 0 Å². The lowest BCUT2D eigenvalue weighted by Crippen LogP contribution is -2.24. The highest BCUT2D eigenvalue weighted by atomic mass is 16.5. The highest BCUT2D eigenvalue weighted by Gasteiger charge is 2.11. The number of fused-ring (bicyclic) bond motifs is 1. The van der Waals surface area contributed by atoms with Gasteiger partial charge in [-0.25, -0.2) is 4.98 Å².